The van der Waals surface area contributed by atoms with E-state index in [1.54, 1.807) is 16.5 Å². The standard InChI is InChI=1S/C16H18BrN3O3/c1-12(16(21)19-7-9-22-10-8-19)23-15-14(17)11-20(18-15)13-5-3-2-4-6-13/h2-6,11-12H,7-10H2,1H3. The highest BCUT2D eigenvalue weighted by molar-refractivity contribution is 9.10. The fourth-order valence-corrected chi connectivity index (χ4v) is 2.76. The van der Waals surface area contributed by atoms with Crippen LogP contribution in [-0.2, 0) is 9.53 Å². The third kappa shape index (κ3) is 3.73. The van der Waals surface area contributed by atoms with E-state index in [-0.39, 0.29) is 5.91 Å². The highest BCUT2D eigenvalue weighted by atomic mass is 79.9. The lowest BCUT2D eigenvalue weighted by Gasteiger charge is -2.29. The largest absolute Gasteiger partial charge is 0.463 e. The molecule has 0 aliphatic carbocycles. The van der Waals surface area contributed by atoms with Crippen molar-refractivity contribution in [2.24, 2.45) is 0 Å². The third-order valence-electron chi connectivity index (χ3n) is 3.62. The number of hydrogen-bond donors (Lipinski definition) is 0. The van der Waals surface area contributed by atoms with Crippen molar-refractivity contribution < 1.29 is 14.3 Å². The molecule has 1 amide bonds. The van der Waals surface area contributed by atoms with E-state index in [1.807, 2.05) is 36.5 Å². The highest BCUT2D eigenvalue weighted by Crippen LogP contribution is 2.25. The number of carbonyl (C=O) groups excluding carboxylic acids is 1. The van der Waals surface area contributed by atoms with Crippen LogP contribution in [0, 0.1) is 0 Å². The van der Waals surface area contributed by atoms with Crippen LogP contribution >= 0.6 is 15.9 Å². The fraction of sp³-hybridized carbons (Fsp3) is 0.375. The minimum Gasteiger partial charge on any atom is -0.463 e. The molecule has 2 aromatic rings. The summed E-state index contributed by atoms with van der Waals surface area (Å²) in [5, 5.41) is 4.40. The summed E-state index contributed by atoms with van der Waals surface area (Å²) in [5.41, 5.74) is 0.926. The van der Waals surface area contributed by atoms with Gasteiger partial charge in [0, 0.05) is 19.3 Å². The van der Waals surface area contributed by atoms with Crippen LogP contribution in [-0.4, -0.2) is 53.0 Å². The minimum atomic E-state index is -0.594. The monoisotopic (exact) mass is 379 g/mol. The number of aromatic nitrogens is 2. The van der Waals surface area contributed by atoms with E-state index >= 15 is 0 Å². The van der Waals surface area contributed by atoms with Crippen molar-refractivity contribution in [1.29, 1.82) is 0 Å². The maximum atomic E-state index is 12.4. The van der Waals surface area contributed by atoms with Crippen molar-refractivity contribution in [3.05, 3.63) is 41.0 Å². The fourth-order valence-electron chi connectivity index (χ4n) is 2.39. The molecule has 2 heterocycles. The van der Waals surface area contributed by atoms with Gasteiger partial charge in [0.25, 0.3) is 5.91 Å². The van der Waals surface area contributed by atoms with E-state index < -0.39 is 6.10 Å². The number of halogens is 1. The molecule has 122 valence electrons. The van der Waals surface area contributed by atoms with Crippen LogP contribution in [0.1, 0.15) is 6.92 Å². The summed E-state index contributed by atoms with van der Waals surface area (Å²) < 4.78 is 13.4. The van der Waals surface area contributed by atoms with Crippen LogP contribution < -0.4 is 4.74 Å². The molecule has 0 saturated carbocycles. The quantitative estimate of drug-likeness (QED) is 0.817. The van der Waals surface area contributed by atoms with Gasteiger partial charge in [-0.2, -0.15) is 0 Å². The van der Waals surface area contributed by atoms with E-state index in [1.165, 1.54) is 0 Å². The average Bonchev–Trinajstić information content (AvgIpc) is 2.96. The van der Waals surface area contributed by atoms with Crippen LogP contribution in [0.3, 0.4) is 0 Å². The summed E-state index contributed by atoms with van der Waals surface area (Å²) in [7, 11) is 0. The first kappa shape index (κ1) is 16.0. The van der Waals surface area contributed by atoms with Crippen LogP contribution in [0.25, 0.3) is 5.69 Å². The van der Waals surface area contributed by atoms with E-state index in [0.29, 0.717) is 36.7 Å². The smallest absolute Gasteiger partial charge is 0.263 e. The Labute approximate surface area is 143 Å². The number of amides is 1. The van der Waals surface area contributed by atoms with Crippen molar-refractivity contribution in [2.75, 3.05) is 26.3 Å². The lowest BCUT2D eigenvalue weighted by atomic mass is 10.3. The second-order valence-electron chi connectivity index (χ2n) is 5.26. The third-order valence-corrected chi connectivity index (χ3v) is 4.16. The van der Waals surface area contributed by atoms with Crippen molar-refractivity contribution in [2.45, 2.75) is 13.0 Å². The Morgan fingerprint density at radius 1 is 1.30 bits per heavy atom. The molecular weight excluding hydrogens is 362 g/mol. The van der Waals surface area contributed by atoms with Gasteiger partial charge in [-0.25, -0.2) is 4.68 Å². The molecule has 0 bridgehead atoms. The maximum Gasteiger partial charge on any atom is 0.263 e. The zero-order valence-corrected chi connectivity index (χ0v) is 14.4. The van der Waals surface area contributed by atoms with Gasteiger partial charge in [-0.05, 0) is 35.0 Å². The molecule has 1 saturated heterocycles. The molecule has 1 atom stereocenters. The predicted octanol–water partition coefficient (Wildman–Crippen LogP) is 2.26. The number of hydrogen-bond acceptors (Lipinski definition) is 4. The number of nitrogens with zero attached hydrogens (tertiary/aromatic N) is 3. The number of ether oxygens (including phenoxy) is 2. The summed E-state index contributed by atoms with van der Waals surface area (Å²) in [6.45, 7) is 4.10. The van der Waals surface area contributed by atoms with E-state index in [0.717, 1.165) is 5.69 Å². The first-order valence-corrected chi connectivity index (χ1v) is 8.28. The van der Waals surface area contributed by atoms with E-state index in [9.17, 15) is 4.79 Å². The zero-order chi connectivity index (χ0) is 16.2. The molecule has 0 N–H and O–H groups in total. The van der Waals surface area contributed by atoms with Crippen LogP contribution in [0.5, 0.6) is 5.88 Å². The van der Waals surface area contributed by atoms with Gasteiger partial charge in [0.1, 0.15) is 0 Å². The molecule has 23 heavy (non-hydrogen) atoms. The average molecular weight is 380 g/mol. The molecule has 0 radical (unpaired) electrons. The SMILES string of the molecule is CC(Oc1nn(-c2ccccc2)cc1Br)C(=O)N1CCOCC1. The molecule has 1 aliphatic heterocycles. The molecule has 6 nitrogen and oxygen atoms in total. The van der Waals surface area contributed by atoms with Gasteiger partial charge in [0.2, 0.25) is 5.88 Å². The van der Waals surface area contributed by atoms with E-state index in [4.69, 9.17) is 9.47 Å². The summed E-state index contributed by atoms with van der Waals surface area (Å²) >= 11 is 3.43. The predicted molar refractivity (Wildman–Crippen MR) is 88.8 cm³/mol. The lowest BCUT2D eigenvalue weighted by molar-refractivity contribution is -0.142. The molecule has 7 heteroatoms. The molecule has 1 aromatic heterocycles. The second kappa shape index (κ2) is 7.14. The molecule has 0 spiro atoms. The first-order chi connectivity index (χ1) is 11.1. The minimum absolute atomic E-state index is 0.0468. The van der Waals surface area contributed by atoms with Gasteiger partial charge < -0.3 is 14.4 Å². The summed E-state index contributed by atoms with van der Waals surface area (Å²) in [4.78, 5) is 14.1. The van der Waals surface area contributed by atoms with Crippen LogP contribution in [0.15, 0.2) is 41.0 Å². The van der Waals surface area contributed by atoms with Gasteiger partial charge in [0.05, 0.1) is 23.4 Å². The normalized spacial score (nSPS) is 16.2. The highest BCUT2D eigenvalue weighted by Gasteiger charge is 2.25. The Kier molecular flexibility index (Phi) is 4.97. The molecular formula is C16H18BrN3O3. The van der Waals surface area contributed by atoms with Crippen molar-refractivity contribution in [1.82, 2.24) is 14.7 Å². The number of para-hydroxylation sites is 1. The van der Waals surface area contributed by atoms with Gasteiger partial charge in [-0.15, -0.1) is 5.10 Å². The number of carbonyl (C=O) groups is 1. The van der Waals surface area contributed by atoms with Crippen molar-refractivity contribution in [3.8, 4) is 11.6 Å². The Bertz CT molecular complexity index is 668. The van der Waals surface area contributed by atoms with Crippen LogP contribution in [0.2, 0.25) is 0 Å². The molecule has 3 rings (SSSR count). The Morgan fingerprint density at radius 3 is 2.70 bits per heavy atom. The topological polar surface area (TPSA) is 56.6 Å². The maximum absolute atomic E-state index is 12.4. The Balaban J connectivity index is 1.70. The van der Waals surface area contributed by atoms with Crippen molar-refractivity contribution in [3.63, 3.8) is 0 Å². The number of rotatable bonds is 4. The van der Waals surface area contributed by atoms with Gasteiger partial charge in [0.15, 0.2) is 6.10 Å². The molecule has 1 fully saturated rings. The number of benzene rings is 1. The second-order valence-corrected chi connectivity index (χ2v) is 6.11. The Morgan fingerprint density at radius 2 is 2.00 bits per heavy atom. The molecule has 1 aromatic carbocycles. The summed E-state index contributed by atoms with van der Waals surface area (Å²) in [5.74, 6) is 0.359. The lowest BCUT2D eigenvalue weighted by Crippen LogP contribution is -2.46. The van der Waals surface area contributed by atoms with Gasteiger partial charge in [-0.1, -0.05) is 18.2 Å². The van der Waals surface area contributed by atoms with Crippen molar-refractivity contribution >= 4 is 21.8 Å². The summed E-state index contributed by atoms with van der Waals surface area (Å²) in [6.07, 6.45) is 1.22. The summed E-state index contributed by atoms with van der Waals surface area (Å²) in [6, 6.07) is 9.73. The zero-order valence-electron chi connectivity index (χ0n) is 12.8. The molecule has 1 unspecified atom stereocenters. The first-order valence-electron chi connectivity index (χ1n) is 7.49. The van der Waals surface area contributed by atoms with Crippen LogP contribution in [0.4, 0.5) is 0 Å². The number of morpholine rings is 1. The Hall–Kier alpha value is -1.86. The van der Waals surface area contributed by atoms with E-state index in [2.05, 4.69) is 21.0 Å². The van der Waals surface area contributed by atoms with Gasteiger partial charge >= 0.3 is 0 Å². The molecule has 1 aliphatic rings. The van der Waals surface area contributed by atoms with Gasteiger partial charge in [-0.3, -0.25) is 4.79 Å².